The Morgan fingerprint density at radius 1 is 1.07 bits per heavy atom. The highest BCUT2D eigenvalue weighted by Crippen LogP contribution is 2.60. The molecule has 1 aromatic heterocycles. The number of hydrogen-bond donors (Lipinski definition) is 1. The fourth-order valence-electron chi connectivity index (χ4n) is 7.67. The van der Waals surface area contributed by atoms with Crippen LogP contribution in [0.2, 0.25) is 0 Å². The third-order valence-electron chi connectivity index (χ3n) is 10.2. The number of carboxylic acid groups (broad SMARTS) is 1. The average molecular weight is 593 g/mol. The number of alkyl halides is 3. The Morgan fingerprint density at radius 3 is 2.49 bits per heavy atom. The van der Waals surface area contributed by atoms with Crippen LogP contribution in [0, 0.1) is 5.41 Å². The highest BCUT2D eigenvalue weighted by molar-refractivity contribution is 5.85. The van der Waals surface area contributed by atoms with Crippen molar-refractivity contribution in [1.29, 1.82) is 0 Å². The molecule has 1 spiro atoms. The molecule has 5 aliphatic rings. The number of fused-ring (bicyclic) bond motifs is 1. The zero-order valence-electron chi connectivity index (χ0n) is 23.4. The van der Waals surface area contributed by atoms with Gasteiger partial charge in [0, 0.05) is 41.1 Å². The number of hydrogen-bond acceptors (Lipinski definition) is 6. The van der Waals surface area contributed by atoms with Crippen LogP contribution in [-0.2, 0) is 21.6 Å². The van der Waals surface area contributed by atoms with E-state index >= 15 is 0 Å². The largest absolute Gasteiger partial charge is 0.573 e. The van der Waals surface area contributed by atoms with E-state index in [9.17, 15) is 23.1 Å². The first kappa shape index (κ1) is 26.7. The molecule has 3 saturated carbocycles. The summed E-state index contributed by atoms with van der Waals surface area (Å²) in [4.78, 5) is 14.3. The van der Waals surface area contributed by atoms with E-state index in [0.717, 1.165) is 49.1 Å². The standard InChI is InChI=1S/C33H31F3N2O5/c34-33(35,36)42-26-4-2-1-3-24(26)28-25(29(43-37-28)19-5-6-19)18-41-23-15-22-16-31(17-23)12-11-27(31)38(22)21-9-7-20(8-10-21)32(13-14-32)30(39)40/h1-4,7-10,17,19,22,27H,5-6,11-16,18H2,(H,39,40). The second-order valence-electron chi connectivity index (χ2n) is 12.8. The minimum absolute atomic E-state index is 0.0274. The molecule has 2 heterocycles. The van der Waals surface area contributed by atoms with Crippen molar-refractivity contribution in [2.45, 2.75) is 87.8 Å². The van der Waals surface area contributed by atoms with Crippen molar-refractivity contribution in [2.24, 2.45) is 5.41 Å². The van der Waals surface area contributed by atoms with Gasteiger partial charge in [-0.05, 0) is 80.9 Å². The summed E-state index contributed by atoms with van der Waals surface area (Å²) in [5.74, 6) is 0.675. The molecule has 1 N–H and O–H groups in total. The van der Waals surface area contributed by atoms with E-state index in [2.05, 4.69) is 33.0 Å². The quantitative estimate of drug-likeness (QED) is 0.276. The zero-order chi connectivity index (χ0) is 29.6. The molecule has 43 heavy (non-hydrogen) atoms. The van der Waals surface area contributed by atoms with E-state index in [1.165, 1.54) is 12.1 Å². The van der Waals surface area contributed by atoms with E-state index in [0.29, 0.717) is 42.3 Å². The van der Waals surface area contributed by atoms with Crippen molar-refractivity contribution < 1.29 is 37.1 Å². The predicted octanol–water partition coefficient (Wildman–Crippen LogP) is 7.47. The number of para-hydroxylation sites is 1. The summed E-state index contributed by atoms with van der Waals surface area (Å²) < 4.78 is 56.0. The molecule has 2 aromatic carbocycles. The van der Waals surface area contributed by atoms with Gasteiger partial charge in [0.05, 0.1) is 16.7 Å². The summed E-state index contributed by atoms with van der Waals surface area (Å²) in [5.41, 5.74) is 2.48. The molecule has 10 heteroatoms. The Labute approximate surface area is 246 Å². The Balaban J connectivity index is 1.04. The number of aromatic nitrogens is 1. The van der Waals surface area contributed by atoms with E-state index in [4.69, 9.17) is 9.26 Å². The summed E-state index contributed by atoms with van der Waals surface area (Å²) in [7, 11) is 0. The van der Waals surface area contributed by atoms with Crippen molar-refractivity contribution in [2.75, 3.05) is 4.90 Å². The first-order valence-electron chi connectivity index (χ1n) is 15.0. The molecule has 7 nitrogen and oxygen atoms in total. The smallest absolute Gasteiger partial charge is 0.493 e. The number of aliphatic carboxylic acids is 1. The lowest BCUT2D eigenvalue weighted by Crippen LogP contribution is -2.47. The molecule has 4 fully saturated rings. The summed E-state index contributed by atoms with van der Waals surface area (Å²) >= 11 is 0. The van der Waals surface area contributed by atoms with Gasteiger partial charge >= 0.3 is 12.3 Å². The van der Waals surface area contributed by atoms with Gasteiger partial charge in [0.25, 0.3) is 0 Å². The Bertz CT molecular complexity index is 1620. The van der Waals surface area contributed by atoms with Crippen molar-refractivity contribution >= 4 is 11.7 Å². The lowest BCUT2D eigenvalue weighted by Gasteiger charge is -2.46. The van der Waals surface area contributed by atoms with Crippen LogP contribution in [0.25, 0.3) is 11.3 Å². The molecule has 224 valence electrons. The van der Waals surface area contributed by atoms with Crippen LogP contribution < -0.4 is 9.64 Å². The molecule has 2 bridgehead atoms. The fraction of sp³-hybridized carbons (Fsp3) is 0.455. The summed E-state index contributed by atoms with van der Waals surface area (Å²) in [6, 6.07) is 14.7. The van der Waals surface area contributed by atoms with Gasteiger partial charge in [-0.3, -0.25) is 4.79 Å². The van der Waals surface area contributed by atoms with Crippen molar-refractivity contribution in [3.05, 3.63) is 77.3 Å². The number of anilines is 1. The van der Waals surface area contributed by atoms with Crippen LogP contribution in [0.1, 0.15) is 74.2 Å². The fourth-order valence-corrected chi connectivity index (χ4v) is 7.67. The van der Waals surface area contributed by atoms with Gasteiger partial charge in [0.2, 0.25) is 0 Å². The number of ether oxygens (including phenoxy) is 2. The van der Waals surface area contributed by atoms with Crippen LogP contribution in [0.15, 0.2) is 64.9 Å². The van der Waals surface area contributed by atoms with Gasteiger partial charge in [-0.15, -0.1) is 13.2 Å². The third kappa shape index (κ3) is 4.40. The molecule has 0 radical (unpaired) electrons. The van der Waals surface area contributed by atoms with Gasteiger partial charge in [0.15, 0.2) is 0 Å². The second-order valence-corrected chi connectivity index (χ2v) is 12.8. The second kappa shape index (κ2) is 9.27. The molecule has 3 atom stereocenters. The molecule has 4 aliphatic carbocycles. The normalized spacial score (nSPS) is 26.8. The SMILES string of the molecule is O=C(O)C1(c2ccc(N3C4CC(OCc5c(-c6ccccc6OC(F)(F)F)noc5C5CC5)=CC5(CCC35)C4)cc2)CC1. The first-order valence-corrected chi connectivity index (χ1v) is 15.0. The first-order chi connectivity index (χ1) is 20.7. The van der Waals surface area contributed by atoms with Crippen LogP contribution in [0.3, 0.4) is 0 Å². The number of carboxylic acids is 1. The molecule has 0 amide bonds. The number of nitrogens with zero attached hydrogens (tertiary/aromatic N) is 2. The minimum atomic E-state index is -4.83. The lowest BCUT2D eigenvalue weighted by atomic mass is 9.62. The zero-order valence-corrected chi connectivity index (χ0v) is 23.4. The van der Waals surface area contributed by atoms with Crippen LogP contribution >= 0.6 is 0 Å². The van der Waals surface area contributed by atoms with Crippen LogP contribution in [0.4, 0.5) is 18.9 Å². The Kier molecular flexibility index (Phi) is 5.75. The Morgan fingerprint density at radius 2 is 1.84 bits per heavy atom. The summed E-state index contributed by atoms with van der Waals surface area (Å²) in [6.07, 6.45) is 4.61. The number of halogens is 3. The van der Waals surface area contributed by atoms with E-state index in [-0.39, 0.29) is 35.3 Å². The monoisotopic (exact) mass is 592 g/mol. The number of rotatable bonds is 9. The highest BCUT2D eigenvalue weighted by atomic mass is 19.4. The maximum Gasteiger partial charge on any atom is 0.573 e. The molecular weight excluding hydrogens is 561 g/mol. The minimum Gasteiger partial charge on any atom is -0.493 e. The van der Waals surface area contributed by atoms with Crippen molar-refractivity contribution in [3.63, 3.8) is 0 Å². The summed E-state index contributed by atoms with van der Waals surface area (Å²) in [5, 5.41) is 13.9. The van der Waals surface area contributed by atoms with Crippen molar-refractivity contribution in [3.8, 4) is 17.0 Å². The van der Waals surface area contributed by atoms with Gasteiger partial charge in [-0.2, -0.15) is 0 Å². The highest BCUT2D eigenvalue weighted by Gasteiger charge is 2.59. The van der Waals surface area contributed by atoms with E-state index in [1.54, 1.807) is 12.1 Å². The van der Waals surface area contributed by atoms with Crippen LogP contribution in [0.5, 0.6) is 5.75 Å². The van der Waals surface area contributed by atoms with E-state index < -0.39 is 17.7 Å². The molecular formula is C33H31F3N2O5. The average Bonchev–Trinajstić information content (AvgIpc) is 3.90. The van der Waals surface area contributed by atoms with Gasteiger partial charge in [-0.25, -0.2) is 0 Å². The van der Waals surface area contributed by atoms with Crippen molar-refractivity contribution in [1.82, 2.24) is 5.16 Å². The van der Waals surface area contributed by atoms with Gasteiger partial charge in [-0.1, -0.05) is 29.4 Å². The van der Waals surface area contributed by atoms with Gasteiger partial charge in [0.1, 0.15) is 23.8 Å². The molecule has 8 rings (SSSR count). The third-order valence-corrected chi connectivity index (χ3v) is 10.2. The molecule has 3 unspecified atom stereocenters. The maximum absolute atomic E-state index is 13.2. The number of benzene rings is 2. The molecule has 1 aliphatic heterocycles. The molecule has 3 aromatic rings. The number of carbonyl (C=O) groups is 1. The molecule has 1 saturated heterocycles. The lowest BCUT2D eigenvalue weighted by molar-refractivity contribution is -0.274. The maximum atomic E-state index is 13.2. The van der Waals surface area contributed by atoms with Crippen LogP contribution in [-0.4, -0.2) is 34.7 Å². The summed E-state index contributed by atoms with van der Waals surface area (Å²) in [6.45, 7) is 0.149. The van der Waals surface area contributed by atoms with E-state index in [1.807, 2.05) is 12.1 Å². The predicted molar refractivity (Wildman–Crippen MR) is 149 cm³/mol. The Hall–Kier alpha value is -3.95. The topological polar surface area (TPSA) is 85.0 Å². The van der Waals surface area contributed by atoms with Gasteiger partial charge < -0.3 is 24.0 Å².